The number of aliphatic hydroxyl groups is 1. The Bertz CT molecular complexity index is 357. The lowest BCUT2D eigenvalue weighted by molar-refractivity contribution is -0.141. The molecule has 1 N–H and O–H groups in total. The van der Waals surface area contributed by atoms with Gasteiger partial charge < -0.3 is 5.11 Å². The Balaban J connectivity index is 1.67. The number of imide groups is 1. The Morgan fingerprint density at radius 3 is 2.22 bits per heavy atom. The van der Waals surface area contributed by atoms with E-state index in [2.05, 4.69) is 6.92 Å². The molecule has 0 aromatic heterocycles. The van der Waals surface area contributed by atoms with Crippen LogP contribution in [-0.4, -0.2) is 34.5 Å². The van der Waals surface area contributed by atoms with Crippen LogP contribution < -0.4 is 0 Å². The van der Waals surface area contributed by atoms with Crippen molar-refractivity contribution < 1.29 is 14.7 Å². The minimum atomic E-state index is -0.234. The second kappa shape index (κ2) is 4.34. The molecule has 1 heterocycles. The van der Waals surface area contributed by atoms with Gasteiger partial charge in [0.15, 0.2) is 0 Å². The quantitative estimate of drug-likeness (QED) is 0.750. The molecule has 4 heteroatoms. The van der Waals surface area contributed by atoms with E-state index in [1.54, 1.807) is 0 Å². The first-order valence-electron chi connectivity index (χ1n) is 7.09. The van der Waals surface area contributed by atoms with Crippen LogP contribution in [-0.2, 0) is 9.59 Å². The van der Waals surface area contributed by atoms with Crippen LogP contribution in [0.25, 0.3) is 0 Å². The molecule has 3 rings (SSSR count). The van der Waals surface area contributed by atoms with Crippen molar-refractivity contribution in [1.29, 1.82) is 0 Å². The first-order chi connectivity index (χ1) is 8.56. The lowest BCUT2D eigenvalue weighted by Gasteiger charge is -2.20. The highest BCUT2D eigenvalue weighted by atomic mass is 16.3. The minimum absolute atomic E-state index is 0.0428. The fourth-order valence-corrected chi connectivity index (χ4v) is 4.00. The monoisotopic (exact) mass is 251 g/mol. The van der Waals surface area contributed by atoms with Gasteiger partial charge in [-0.2, -0.15) is 0 Å². The van der Waals surface area contributed by atoms with Crippen molar-refractivity contribution in [1.82, 2.24) is 4.90 Å². The summed E-state index contributed by atoms with van der Waals surface area (Å²) in [6.07, 6.45) is 4.00. The van der Waals surface area contributed by atoms with Gasteiger partial charge in [-0.1, -0.05) is 6.92 Å². The largest absolute Gasteiger partial charge is 0.393 e. The van der Waals surface area contributed by atoms with Crippen LogP contribution in [0.2, 0.25) is 0 Å². The summed E-state index contributed by atoms with van der Waals surface area (Å²) in [7, 11) is 0. The summed E-state index contributed by atoms with van der Waals surface area (Å²) >= 11 is 0. The van der Waals surface area contributed by atoms with Gasteiger partial charge in [0.1, 0.15) is 0 Å². The number of aliphatic hydroxyl groups excluding tert-OH is 1. The fourth-order valence-electron chi connectivity index (χ4n) is 4.00. The first kappa shape index (κ1) is 12.2. The Morgan fingerprint density at radius 1 is 1.11 bits per heavy atom. The number of fused-ring (bicyclic) bond motifs is 1. The van der Waals surface area contributed by atoms with E-state index in [1.165, 1.54) is 4.90 Å². The van der Waals surface area contributed by atoms with E-state index in [1.807, 2.05) is 0 Å². The summed E-state index contributed by atoms with van der Waals surface area (Å²) in [6, 6.07) is 0. The summed E-state index contributed by atoms with van der Waals surface area (Å²) < 4.78 is 0. The molecule has 4 unspecified atom stereocenters. The molecule has 0 aromatic rings. The van der Waals surface area contributed by atoms with Gasteiger partial charge in [0.05, 0.1) is 17.9 Å². The highest BCUT2D eigenvalue weighted by molar-refractivity contribution is 6.05. The number of amides is 2. The van der Waals surface area contributed by atoms with Crippen LogP contribution in [0.1, 0.15) is 39.0 Å². The predicted molar refractivity (Wildman–Crippen MR) is 65.4 cm³/mol. The molecule has 0 bridgehead atoms. The number of rotatable bonds is 2. The van der Waals surface area contributed by atoms with Gasteiger partial charge in [-0.3, -0.25) is 14.5 Å². The summed E-state index contributed by atoms with van der Waals surface area (Å²) in [5.41, 5.74) is 0. The maximum Gasteiger partial charge on any atom is 0.233 e. The third kappa shape index (κ3) is 1.87. The van der Waals surface area contributed by atoms with E-state index in [0.29, 0.717) is 18.4 Å². The molecule has 1 aliphatic heterocycles. The summed E-state index contributed by atoms with van der Waals surface area (Å²) in [5, 5.41) is 9.51. The van der Waals surface area contributed by atoms with E-state index in [-0.39, 0.29) is 29.8 Å². The molecule has 0 spiro atoms. The standard InChI is InChI=1S/C14H21NO3/c1-8-4-11-12(5-8)14(18)15(13(11)17)7-9-2-3-10(16)6-9/h8-12,16H,2-7H2,1H3. The number of hydrogen-bond acceptors (Lipinski definition) is 3. The lowest BCUT2D eigenvalue weighted by Crippen LogP contribution is -2.36. The number of carbonyl (C=O) groups excluding carboxylic acids is 2. The molecule has 0 radical (unpaired) electrons. The number of hydrogen-bond donors (Lipinski definition) is 1. The molecule has 4 atom stereocenters. The average molecular weight is 251 g/mol. The van der Waals surface area contributed by atoms with E-state index >= 15 is 0 Å². The van der Waals surface area contributed by atoms with Crippen LogP contribution in [0, 0.1) is 23.7 Å². The normalized spacial score (nSPS) is 43.9. The number of carbonyl (C=O) groups is 2. The Kier molecular flexibility index (Phi) is 2.93. The SMILES string of the molecule is CC1CC2C(=O)N(CC3CCC(O)C3)C(=O)C2C1. The van der Waals surface area contributed by atoms with Gasteiger partial charge in [0, 0.05) is 6.54 Å². The van der Waals surface area contributed by atoms with Gasteiger partial charge >= 0.3 is 0 Å². The predicted octanol–water partition coefficient (Wildman–Crippen LogP) is 1.18. The van der Waals surface area contributed by atoms with Crippen molar-refractivity contribution in [2.45, 2.75) is 45.1 Å². The van der Waals surface area contributed by atoms with E-state index in [0.717, 1.165) is 32.1 Å². The van der Waals surface area contributed by atoms with Crippen molar-refractivity contribution >= 4 is 11.8 Å². The van der Waals surface area contributed by atoms with E-state index in [9.17, 15) is 14.7 Å². The maximum absolute atomic E-state index is 12.3. The van der Waals surface area contributed by atoms with Crippen molar-refractivity contribution in [3.8, 4) is 0 Å². The minimum Gasteiger partial charge on any atom is -0.393 e. The molecule has 4 nitrogen and oxygen atoms in total. The zero-order chi connectivity index (χ0) is 12.9. The van der Waals surface area contributed by atoms with Gasteiger partial charge in [-0.05, 0) is 43.9 Å². The highest BCUT2D eigenvalue weighted by Gasteiger charge is 2.52. The fraction of sp³-hybridized carbons (Fsp3) is 0.857. The second-order valence-corrected chi connectivity index (χ2v) is 6.41. The third-order valence-corrected chi connectivity index (χ3v) is 4.92. The Hall–Kier alpha value is -0.900. The number of likely N-dealkylation sites (tertiary alicyclic amines) is 1. The molecule has 2 saturated carbocycles. The van der Waals surface area contributed by atoms with Crippen LogP contribution >= 0.6 is 0 Å². The van der Waals surface area contributed by atoms with Crippen molar-refractivity contribution in [3.05, 3.63) is 0 Å². The first-order valence-corrected chi connectivity index (χ1v) is 7.09. The lowest BCUT2D eigenvalue weighted by atomic mass is 10.00. The van der Waals surface area contributed by atoms with Crippen LogP contribution in [0.15, 0.2) is 0 Å². The van der Waals surface area contributed by atoms with Gasteiger partial charge in [0.25, 0.3) is 0 Å². The summed E-state index contributed by atoms with van der Waals surface area (Å²) in [6.45, 7) is 2.66. The molecule has 18 heavy (non-hydrogen) atoms. The average Bonchev–Trinajstić information content (AvgIpc) is 2.95. The van der Waals surface area contributed by atoms with Gasteiger partial charge in [-0.15, -0.1) is 0 Å². The zero-order valence-corrected chi connectivity index (χ0v) is 10.8. The van der Waals surface area contributed by atoms with Crippen molar-refractivity contribution in [2.24, 2.45) is 23.7 Å². The highest BCUT2D eigenvalue weighted by Crippen LogP contribution is 2.43. The molecule has 2 aliphatic carbocycles. The van der Waals surface area contributed by atoms with E-state index in [4.69, 9.17) is 0 Å². The smallest absolute Gasteiger partial charge is 0.233 e. The van der Waals surface area contributed by atoms with Crippen LogP contribution in [0.5, 0.6) is 0 Å². The molecule has 0 aromatic carbocycles. The molecule has 1 saturated heterocycles. The second-order valence-electron chi connectivity index (χ2n) is 6.41. The molecule has 3 aliphatic rings. The van der Waals surface area contributed by atoms with Crippen molar-refractivity contribution in [3.63, 3.8) is 0 Å². The van der Waals surface area contributed by atoms with E-state index < -0.39 is 0 Å². The third-order valence-electron chi connectivity index (χ3n) is 4.92. The molecule has 3 fully saturated rings. The number of nitrogens with zero attached hydrogens (tertiary/aromatic N) is 1. The summed E-state index contributed by atoms with van der Waals surface area (Å²) in [5.74, 6) is 0.830. The summed E-state index contributed by atoms with van der Waals surface area (Å²) in [4.78, 5) is 26.0. The van der Waals surface area contributed by atoms with Gasteiger partial charge in [0.2, 0.25) is 11.8 Å². The zero-order valence-electron chi connectivity index (χ0n) is 10.8. The molecular weight excluding hydrogens is 230 g/mol. The molecular formula is C14H21NO3. The molecule has 2 amide bonds. The van der Waals surface area contributed by atoms with Crippen molar-refractivity contribution in [2.75, 3.05) is 6.54 Å². The van der Waals surface area contributed by atoms with Crippen LogP contribution in [0.4, 0.5) is 0 Å². The topological polar surface area (TPSA) is 57.6 Å². The van der Waals surface area contributed by atoms with Crippen LogP contribution in [0.3, 0.4) is 0 Å². The maximum atomic E-state index is 12.3. The van der Waals surface area contributed by atoms with Gasteiger partial charge in [-0.25, -0.2) is 0 Å². The Morgan fingerprint density at radius 2 is 1.72 bits per heavy atom. The molecule has 100 valence electrons. The Labute approximate surface area is 107 Å².